The second-order valence-electron chi connectivity index (χ2n) is 9.73. The van der Waals surface area contributed by atoms with Crippen LogP contribution in [0.4, 0.5) is 0 Å². The van der Waals surface area contributed by atoms with E-state index in [9.17, 15) is 14.7 Å². The normalized spacial score (nSPS) is 16.8. The lowest BCUT2D eigenvalue weighted by Gasteiger charge is -2.34. The van der Waals surface area contributed by atoms with Crippen molar-refractivity contribution in [3.05, 3.63) is 76.7 Å². The van der Waals surface area contributed by atoms with Crippen LogP contribution in [0.25, 0.3) is 16.6 Å². The molecule has 2 aliphatic rings. The molecule has 0 saturated carbocycles. The Morgan fingerprint density at radius 2 is 2.05 bits per heavy atom. The second kappa shape index (κ2) is 9.92. The van der Waals surface area contributed by atoms with Gasteiger partial charge in [0, 0.05) is 48.4 Å². The van der Waals surface area contributed by atoms with Crippen LogP contribution < -0.4 is 5.32 Å². The highest BCUT2D eigenvalue weighted by Crippen LogP contribution is 2.30. The zero-order valence-corrected chi connectivity index (χ0v) is 20.9. The van der Waals surface area contributed by atoms with Crippen molar-refractivity contribution in [2.75, 3.05) is 19.6 Å². The van der Waals surface area contributed by atoms with E-state index in [0.717, 1.165) is 48.0 Å². The minimum Gasteiger partial charge on any atom is -0.457 e. The van der Waals surface area contributed by atoms with Crippen molar-refractivity contribution in [3.8, 4) is 5.69 Å². The van der Waals surface area contributed by atoms with Crippen LogP contribution in [0.15, 0.2) is 48.9 Å². The Kier molecular flexibility index (Phi) is 6.30. The van der Waals surface area contributed by atoms with Crippen molar-refractivity contribution in [2.45, 2.75) is 38.5 Å². The molecule has 11 nitrogen and oxygen atoms in total. The van der Waals surface area contributed by atoms with Gasteiger partial charge in [-0.05, 0) is 65.6 Å². The Morgan fingerprint density at radius 1 is 1.21 bits per heavy atom. The lowest BCUT2D eigenvalue weighted by atomic mass is 9.94. The van der Waals surface area contributed by atoms with Crippen LogP contribution in [0, 0.1) is 6.92 Å². The summed E-state index contributed by atoms with van der Waals surface area (Å²) in [5.74, 6) is -0.448. The second-order valence-corrected chi connectivity index (χ2v) is 9.73. The predicted octanol–water partition coefficient (Wildman–Crippen LogP) is 2.12. The molecule has 0 aliphatic carbocycles. The van der Waals surface area contributed by atoms with Crippen molar-refractivity contribution >= 4 is 22.8 Å². The molecule has 2 aromatic heterocycles. The summed E-state index contributed by atoms with van der Waals surface area (Å²) in [4.78, 5) is 31.7. The summed E-state index contributed by atoms with van der Waals surface area (Å²) in [6.45, 7) is 4.19. The van der Waals surface area contributed by atoms with Gasteiger partial charge in [0.1, 0.15) is 12.9 Å². The third-order valence-corrected chi connectivity index (χ3v) is 7.51. The number of likely N-dealkylation sites (tertiary alicyclic amines) is 1. The number of hydrogen-bond donors (Lipinski definition) is 2. The SMILES string of the molecule is Cc1c(C(O)CN2CCC(NC(=O)c3ccc(-n4cnnn4)c4ncccc34)CC2)ccc2c1COC2=O. The maximum absolute atomic E-state index is 13.2. The van der Waals surface area contributed by atoms with Gasteiger partial charge in [0.25, 0.3) is 5.91 Å². The average molecular weight is 514 g/mol. The first-order chi connectivity index (χ1) is 18.5. The van der Waals surface area contributed by atoms with Crippen LogP contribution in [0.2, 0.25) is 0 Å². The molecule has 2 N–H and O–H groups in total. The number of nitrogens with zero attached hydrogens (tertiary/aromatic N) is 6. The van der Waals surface area contributed by atoms with E-state index in [-0.39, 0.29) is 24.5 Å². The number of fused-ring (bicyclic) bond motifs is 2. The summed E-state index contributed by atoms with van der Waals surface area (Å²) in [5, 5.41) is 26.2. The summed E-state index contributed by atoms with van der Waals surface area (Å²) in [6.07, 6.45) is 4.07. The van der Waals surface area contributed by atoms with Crippen LogP contribution in [-0.2, 0) is 11.3 Å². The van der Waals surface area contributed by atoms with Crippen molar-refractivity contribution in [1.82, 2.24) is 35.4 Å². The number of aliphatic hydroxyl groups excluding tert-OH is 1. The highest BCUT2D eigenvalue weighted by Gasteiger charge is 2.28. The third kappa shape index (κ3) is 4.39. The number of rotatable bonds is 6. The van der Waals surface area contributed by atoms with Gasteiger partial charge >= 0.3 is 5.97 Å². The van der Waals surface area contributed by atoms with E-state index < -0.39 is 6.10 Å². The van der Waals surface area contributed by atoms with E-state index >= 15 is 0 Å². The number of tetrazole rings is 1. The molecule has 4 heterocycles. The topological polar surface area (TPSA) is 135 Å². The average Bonchev–Trinajstić information content (AvgIpc) is 3.60. The molecule has 0 bridgehead atoms. The number of nitrogens with one attached hydrogen (secondary N) is 1. The van der Waals surface area contributed by atoms with Crippen molar-refractivity contribution in [2.24, 2.45) is 0 Å². The molecule has 0 spiro atoms. The maximum Gasteiger partial charge on any atom is 0.338 e. The van der Waals surface area contributed by atoms with E-state index in [4.69, 9.17) is 4.74 Å². The monoisotopic (exact) mass is 513 g/mol. The van der Waals surface area contributed by atoms with Crippen molar-refractivity contribution in [1.29, 1.82) is 0 Å². The number of pyridine rings is 1. The predicted molar refractivity (Wildman–Crippen MR) is 137 cm³/mol. The van der Waals surface area contributed by atoms with E-state index in [2.05, 4.69) is 30.7 Å². The number of piperidine rings is 1. The summed E-state index contributed by atoms with van der Waals surface area (Å²) >= 11 is 0. The fourth-order valence-corrected chi connectivity index (χ4v) is 5.41. The van der Waals surface area contributed by atoms with Gasteiger partial charge in [-0.25, -0.2) is 4.79 Å². The molecule has 1 saturated heterocycles. The van der Waals surface area contributed by atoms with Crippen LogP contribution in [-0.4, -0.2) is 72.8 Å². The number of benzene rings is 2. The number of aliphatic hydroxyl groups is 1. The molecule has 0 radical (unpaired) electrons. The molecule has 1 unspecified atom stereocenters. The number of cyclic esters (lactones) is 1. The number of hydrogen-bond acceptors (Lipinski definition) is 9. The number of esters is 1. The minimum atomic E-state index is -0.667. The zero-order valence-electron chi connectivity index (χ0n) is 20.9. The summed E-state index contributed by atoms with van der Waals surface area (Å²) in [6, 6.07) is 10.9. The van der Waals surface area contributed by atoms with Gasteiger partial charge in [-0.1, -0.05) is 12.1 Å². The Morgan fingerprint density at radius 3 is 2.84 bits per heavy atom. The number of β-amino-alcohol motifs (C(OH)–C–C–N with tert-alkyl or cyclic N) is 1. The van der Waals surface area contributed by atoms with Gasteiger partial charge < -0.3 is 20.1 Å². The molecule has 1 atom stereocenters. The molecule has 1 fully saturated rings. The van der Waals surface area contributed by atoms with E-state index in [0.29, 0.717) is 28.9 Å². The molecule has 1 amide bonds. The fourth-order valence-electron chi connectivity index (χ4n) is 5.41. The minimum absolute atomic E-state index is 0.0340. The number of ether oxygens (including phenoxy) is 1. The zero-order chi connectivity index (χ0) is 26.2. The molecule has 38 heavy (non-hydrogen) atoms. The first-order valence-corrected chi connectivity index (χ1v) is 12.6. The molecule has 4 aromatic rings. The van der Waals surface area contributed by atoms with Crippen LogP contribution in [0.5, 0.6) is 0 Å². The van der Waals surface area contributed by atoms with Gasteiger partial charge in [0.15, 0.2) is 0 Å². The first kappa shape index (κ1) is 24.1. The highest BCUT2D eigenvalue weighted by molar-refractivity contribution is 6.08. The molecule has 194 valence electrons. The number of carbonyl (C=O) groups excluding carboxylic acids is 2. The maximum atomic E-state index is 13.2. The van der Waals surface area contributed by atoms with Crippen LogP contribution in [0.3, 0.4) is 0 Å². The molecule has 2 aromatic carbocycles. The molecule has 2 aliphatic heterocycles. The van der Waals surface area contributed by atoms with E-state index in [1.807, 2.05) is 19.1 Å². The Labute approximate surface area is 218 Å². The van der Waals surface area contributed by atoms with Gasteiger partial charge in [-0.15, -0.1) is 5.10 Å². The molecule has 6 rings (SSSR count). The number of aromatic nitrogens is 5. The summed E-state index contributed by atoms with van der Waals surface area (Å²) in [7, 11) is 0. The standard InChI is InChI=1S/C27H27N7O4/c1-16-18(4-5-21-22(16)14-38-27(21)37)24(35)13-33-11-8-17(9-12-33)30-26(36)20-6-7-23(34-15-29-31-32-34)25-19(20)3-2-10-28-25/h2-7,10,15,17,24,35H,8-9,11-14H2,1H3,(H,30,36). The van der Waals surface area contributed by atoms with Crippen LogP contribution >= 0.6 is 0 Å². The van der Waals surface area contributed by atoms with Gasteiger partial charge in [0.2, 0.25) is 0 Å². The van der Waals surface area contributed by atoms with Gasteiger partial charge in [0.05, 0.1) is 22.9 Å². The molecular formula is C27H27N7O4. The van der Waals surface area contributed by atoms with Crippen molar-refractivity contribution in [3.63, 3.8) is 0 Å². The largest absolute Gasteiger partial charge is 0.457 e. The lowest BCUT2D eigenvalue weighted by Crippen LogP contribution is -2.45. The van der Waals surface area contributed by atoms with Crippen LogP contribution in [0.1, 0.15) is 56.4 Å². The molecular weight excluding hydrogens is 486 g/mol. The lowest BCUT2D eigenvalue weighted by molar-refractivity contribution is 0.0534. The Hall–Kier alpha value is -4.22. The number of amides is 1. The Bertz CT molecular complexity index is 1510. The quantitative estimate of drug-likeness (QED) is 0.372. The third-order valence-electron chi connectivity index (χ3n) is 7.51. The van der Waals surface area contributed by atoms with E-state index in [1.54, 1.807) is 30.5 Å². The first-order valence-electron chi connectivity index (χ1n) is 12.6. The fraction of sp³-hybridized carbons (Fsp3) is 0.333. The Balaban J connectivity index is 1.09. The highest BCUT2D eigenvalue weighted by atomic mass is 16.5. The summed E-state index contributed by atoms with van der Waals surface area (Å²) < 4.78 is 6.66. The van der Waals surface area contributed by atoms with Crippen molar-refractivity contribution < 1.29 is 19.4 Å². The number of carbonyl (C=O) groups is 2. The van der Waals surface area contributed by atoms with Gasteiger partial charge in [-0.2, -0.15) is 4.68 Å². The van der Waals surface area contributed by atoms with E-state index in [1.165, 1.54) is 11.0 Å². The smallest absolute Gasteiger partial charge is 0.338 e. The van der Waals surface area contributed by atoms with Gasteiger partial charge in [-0.3, -0.25) is 9.78 Å². The summed E-state index contributed by atoms with van der Waals surface area (Å²) in [5.41, 5.74) is 5.09. The molecule has 11 heteroatoms.